The first kappa shape index (κ1) is 25.5. The normalized spacial score (nSPS) is 11.8. The zero-order chi connectivity index (χ0) is 21.3. The molecule has 156 valence electrons. The Hall–Kier alpha value is -1.51. The van der Waals surface area contributed by atoms with Gasteiger partial charge in [0.15, 0.2) is 0 Å². The minimum Gasteiger partial charge on any atom is -0.507 e. The number of ether oxygens (including phenoxy) is 1. The topological polar surface area (TPSA) is 46.5 Å². The van der Waals surface area contributed by atoms with E-state index >= 15 is 0 Å². The van der Waals surface area contributed by atoms with Crippen LogP contribution in [-0.2, 0) is 20.4 Å². The van der Waals surface area contributed by atoms with Crippen molar-refractivity contribution in [3.63, 3.8) is 0 Å². The van der Waals surface area contributed by atoms with E-state index in [-0.39, 0.29) is 16.8 Å². The summed E-state index contributed by atoms with van der Waals surface area (Å²) in [6, 6.07) is 6.04. The Bertz CT molecular complexity index is 528. The molecule has 27 heavy (non-hydrogen) atoms. The van der Waals surface area contributed by atoms with Crippen LogP contribution >= 0.6 is 0 Å². The van der Waals surface area contributed by atoms with E-state index in [2.05, 4.69) is 55.4 Å². The van der Waals surface area contributed by atoms with Crippen molar-refractivity contribution in [2.24, 2.45) is 5.92 Å². The van der Waals surface area contributed by atoms with Crippen LogP contribution in [0, 0.1) is 5.92 Å². The van der Waals surface area contributed by atoms with Crippen molar-refractivity contribution in [2.45, 2.75) is 98.8 Å². The van der Waals surface area contributed by atoms with Crippen LogP contribution in [0.15, 0.2) is 18.2 Å². The van der Waals surface area contributed by atoms with E-state index < -0.39 is 0 Å². The van der Waals surface area contributed by atoms with E-state index in [0.717, 1.165) is 23.5 Å². The van der Waals surface area contributed by atoms with Crippen LogP contribution in [0.2, 0.25) is 0 Å². The maximum Gasteiger partial charge on any atom is 0.302 e. The Morgan fingerprint density at radius 3 is 1.81 bits per heavy atom. The van der Waals surface area contributed by atoms with Gasteiger partial charge >= 0.3 is 5.97 Å². The molecule has 3 nitrogen and oxygen atoms in total. The maximum absolute atomic E-state index is 10.4. The number of carbonyl (C=O) groups excluding carboxylic acids is 1. The van der Waals surface area contributed by atoms with Gasteiger partial charge in [0.25, 0.3) is 0 Å². The highest BCUT2D eigenvalue weighted by Crippen LogP contribution is 2.38. The molecule has 0 aliphatic carbocycles. The largest absolute Gasteiger partial charge is 0.507 e. The summed E-state index contributed by atoms with van der Waals surface area (Å²) in [5, 5.41) is 10.3. The highest BCUT2D eigenvalue weighted by Gasteiger charge is 2.24. The van der Waals surface area contributed by atoms with Gasteiger partial charge in [0, 0.05) is 6.92 Å². The minimum atomic E-state index is -0.168. The summed E-state index contributed by atoms with van der Waals surface area (Å²) >= 11 is 0. The molecule has 1 N–H and O–H groups in total. The van der Waals surface area contributed by atoms with Gasteiger partial charge in [-0.2, -0.15) is 0 Å². The predicted octanol–water partition coefficient (Wildman–Crippen LogP) is 6.75. The molecule has 0 saturated carbocycles. The number of hydrogen-bond acceptors (Lipinski definition) is 3. The van der Waals surface area contributed by atoms with Crippen molar-refractivity contribution in [1.29, 1.82) is 0 Å². The highest BCUT2D eigenvalue weighted by molar-refractivity contribution is 5.65. The summed E-state index contributed by atoms with van der Waals surface area (Å²) in [6.07, 6.45) is 4.71. The van der Waals surface area contributed by atoms with Gasteiger partial charge in [-0.05, 0) is 34.3 Å². The molecule has 0 bridgehead atoms. The summed E-state index contributed by atoms with van der Waals surface area (Å²) in [4.78, 5) is 10.4. The number of phenolic OH excluding ortho intramolecular Hbond substituents is 1. The van der Waals surface area contributed by atoms with E-state index in [0.29, 0.717) is 12.4 Å². The number of rotatable bonds is 6. The number of esters is 1. The summed E-state index contributed by atoms with van der Waals surface area (Å²) < 4.78 is 4.81. The molecule has 0 spiro atoms. The first-order chi connectivity index (χ1) is 12.3. The van der Waals surface area contributed by atoms with Crippen LogP contribution in [0.5, 0.6) is 5.75 Å². The lowest BCUT2D eigenvalue weighted by Gasteiger charge is -2.26. The van der Waals surface area contributed by atoms with Gasteiger partial charge < -0.3 is 9.84 Å². The van der Waals surface area contributed by atoms with Gasteiger partial charge in [-0.15, -0.1) is 0 Å². The van der Waals surface area contributed by atoms with Crippen molar-refractivity contribution < 1.29 is 14.6 Å². The fourth-order valence-electron chi connectivity index (χ4n) is 2.80. The molecule has 3 heteroatoms. The number of phenols is 1. The monoisotopic (exact) mass is 378 g/mol. The van der Waals surface area contributed by atoms with Gasteiger partial charge in [-0.1, -0.05) is 92.9 Å². The third-order valence-corrected chi connectivity index (χ3v) is 4.38. The van der Waals surface area contributed by atoms with Crippen molar-refractivity contribution >= 4 is 5.97 Å². The Balaban J connectivity index is 0.000000516. The molecule has 0 saturated heterocycles. The Morgan fingerprint density at radius 1 is 0.963 bits per heavy atom. The summed E-state index contributed by atoms with van der Waals surface area (Å²) in [5.74, 6) is 1.08. The SMILES string of the molecule is CC(=O)OCCCCCC(C)C.CC(C)(C)c1cccc(C(C)(C)C)c1O. The molecule has 0 aromatic heterocycles. The second kappa shape index (κ2) is 11.4. The predicted molar refractivity (Wildman–Crippen MR) is 115 cm³/mol. The standard InChI is InChI=1S/C14H22O.C10H20O2/c1-13(2,3)10-8-7-9-11(12(10)15)14(4,5)6;1-9(2)7-5-4-6-8-12-10(3)11/h7-9,15H,1-6H3;9H,4-8H2,1-3H3. The fourth-order valence-corrected chi connectivity index (χ4v) is 2.80. The van der Waals surface area contributed by atoms with E-state index in [9.17, 15) is 9.90 Å². The Kier molecular flexibility index (Phi) is 10.7. The summed E-state index contributed by atoms with van der Waals surface area (Å²) in [7, 11) is 0. The van der Waals surface area contributed by atoms with E-state index in [1.807, 2.05) is 18.2 Å². The minimum absolute atomic E-state index is 0.00859. The van der Waals surface area contributed by atoms with Crippen molar-refractivity contribution in [1.82, 2.24) is 0 Å². The number of hydrogen-bond donors (Lipinski definition) is 1. The van der Waals surface area contributed by atoms with Crippen molar-refractivity contribution in [3.8, 4) is 5.75 Å². The third kappa shape index (κ3) is 11.0. The van der Waals surface area contributed by atoms with Crippen LogP contribution in [0.1, 0.15) is 99.1 Å². The zero-order valence-electron chi connectivity index (χ0n) is 19.1. The number of benzene rings is 1. The lowest BCUT2D eigenvalue weighted by Crippen LogP contribution is -2.16. The first-order valence-corrected chi connectivity index (χ1v) is 10.2. The second-order valence-electron chi connectivity index (χ2n) is 9.78. The van der Waals surface area contributed by atoms with Gasteiger partial charge in [-0.25, -0.2) is 0 Å². The summed E-state index contributed by atoms with van der Waals surface area (Å²) in [5.41, 5.74) is 2.03. The molecule has 1 rings (SSSR count). The Morgan fingerprint density at radius 2 is 1.44 bits per heavy atom. The smallest absolute Gasteiger partial charge is 0.302 e. The number of para-hydroxylation sites is 1. The zero-order valence-corrected chi connectivity index (χ0v) is 19.1. The molecule has 0 fully saturated rings. The Labute approximate surface area is 167 Å². The average molecular weight is 379 g/mol. The van der Waals surface area contributed by atoms with Crippen LogP contribution < -0.4 is 0 Å². The molecule has 0 atom stereocenters. The quantitative estimate of drug-likeness (QED) is 0.440. The van der Waals surface area contributed by atoms with E-state index in [1.165, 1.54) is 26.2 Å². The van der Waals surface area contributed by atoms with Crippen LogP contribution in [0.4, 0.5) is 0 Å². The third-order valence-electron chi connectivity index (χ3n) is 4.38. The van der Waals surface area contributed by atoms with E-state index in [1.54, 1.807) is 0 Å². The molecule has 0 radical (unpaired) electrons. The second-order valence-corrected chi connectivity index (χ2v) is 9.78. The molecule has 1 aromatic carbocycles. The number of unbranched alkanes of at least 4 members (excludes halogenated alkanes) is 2. The summed E-state index contributed by atoms with van der Waals surface area (Å²) in [6.45, 7) is 19.2. The van der Waals surface area contributed by atoms with Crippen LogP contribution in [0.25, 0.3) is 0 Å². The molecule has 0 unspecified atom stereocenters. The first-order valence-electron chi connectivity index (χ1n) is 10.2. The van der Waals surface area contributed by atoms with Crippen molar-refractivity contribution in [2.75, 3.05) is 6.61 Å². The average Bonchev–Trinajstić information content (AvgIpc) is 2.48. The van der Waals surface area contributed by atoms with Gasteiger partial charge in [0.2, 0.25) is 0 Å². The molecule has 0 amide bonds. The molecule has 0 aliphatic rings. The molecular weight excluding hydrogens is 336 g/mol. The van der Waals surface area contributed by atoms with Gasteiger partial charge in [-0.3, -0.25) is 4.79 Å². The molecule has 0 aliphatic heterocycles. The van der Waals surface area contributed by atoms with E-state index in [4.69, 9.17) is 4.74 Å². The lowest BCUT2D eigenvalue weighted by molar-refractivity contribution is -0.141. The lowest BCUT2D eigenvalue weighted by atomic mass is 9.80. The fraction of sp³-hybridized carbons (Fsp3) is 0.708. The van der Waals surface area contributed by atoms with Crippen LogP contribution in [0.3, 0.4) is 0 Å². The maximum atomic E-state index is 10.4. The van der Waals surface area contributed by atoms with Gasteiger partial charge in [0.1, 0.15) is 5.75 Å². The molecule has 1 aromatic rings. The highest BCUT2D eigenvalue weighted by atomic mass is 16.5. The molecular formula is C24H42O3. The molecule has 0 heterocycles. The van der Waals surface area contributed by atoms with Gasteiger partial charge in [0.05, 0.1) is 6.61 Å². The van der Waals surface area contributed by atoms with Crippen molar-refractivity contribution in [3.05, 3.63) is 29.3 Å². The number of carbonyl (C=O) groups is 1. The van der Waals surface area contributed by atoms with Crippen LogP contribution in [-0.4, -0.2) is 17.7 Å². The number of aromatic hydroxyl groups is 1.